The Morgan fingerprint density at radius 1 is 1.00 bits per heavy atom. The highest BCUT2D eigenvalue weighted by molar-refractivity contribution is 5.94. The molecular weight excluding hydrogens is 390 g/mol. The van der Waals surface area contributed by atoms with Crippen LogP contribution in [0.1, 0.15) is 22.3 Å². The third-order valence-corrected chi connectivity index (χ3v) is 5.62. The molecule has 0 saturated carbocycles. The largest absolute Gasteiger partial charge is 0.416 e. The Balaban J connectivity index is 1.28. The minimum absolute atomic E-state index is 0.0593. The fourth-order valence-corrected chi connectivity index (χ4v) is 3.68. The molecule has 1 amide bonds. The zero-order valence-corrected chi connectivity index (χ0v) is 18.2. The van der Waals surface area contributed by atoms with Gasteiger partial charge in [0.15, 0.2) is 0 Å². The number of nitrogens with one attached hydrogen (secondary N) is 1. The predicted octanol–water partition coefficient (Wildman–Crippen LogP) is 3.08. The fourth-order valence-electron chi connectivity index (χ4n) is 3.68. The summed E-state index contributed by atoms with van der Waals surface area (Å²) in [5, 5.41) is 11.3. The molecule has 1 aliphatic rings. The number of hydrogen-bond acceptors (Lipinski definition) is 6. The van der Waals surface area contributed by atoms with Crippen LogP contribution in [0.2, 0.25) is 0 Å². The van der Waals surface area contributed by atoms with Gasteiger partial charge in [0, 0.05) is 49.4 Å². The van der Waals surface area contributed by atoms with Crippen LogP contribution in [0.25, 0.3) is 22.9 Å². The van der Waals surface area contributed by atoms with Crippen molar-refractivity contribution in [1.82, 2.24) is 25.3 Å². The SMILES string of the molecule is Cc1cccc(-c2nnc(-c3ccc(C(=O)NCCCN4CCN(C)CC4)cc3)o2)c1. The lowest BCUT2D eigenvalue weighted by molar-refractivity contribution is 0.0949. The summed E-state index contributed by atoms with van der Waals surface area (Å²) in [6.07, 6.45) is 0.956. The number of rotatable bonds is 7. The molecule has 0 radical (unpaired) electrons. The summed E-state index contributed by atoms with van der Waals surface area (Å²) in [6, 6.07) is 15.2. The highest BCUT2D eigenvalue weighted by atomic mass is 16.4. The van der Waals surface area contributed by atoms with E-state index in [9.17, 15) is 4.79 Å². The van der Waals surface area contributed by atoms with E-state index in [-0.39, 0.29) is 5.91 Å². The van der Waals surface area contributed by atoms with Crippen LogP contribution < -0.4 is 5.32 Å². The van der Waals surface area contributed by atoms with E-state index in [1.807, 2.05) is 43.3 Å². The molecule has 3 aromatic rings. The number of nitrogens with zero attached hydrogens (tertiary/aromatic N) is 4. The van der Waals surface area contributed by atoms with Crippen LogP contribution in [0.4, 0.5) is 0 Å². The minimum Gasteiger partial charge on any atom is -0.416 e. The van der Waals surface area contributed by atoms with E-state index in [1.165, 1.54) is 0 Å². The summed E-state index contributed by atoms with van der Waals surface area (Å²) in [6.45, 7) is 8.16. The van der Waals surface area contributed by atoms with Crippen molar-refractivity contribution in [3.63, 3.8) is 0 Å². The van der Waals surface area contributed by atoms with Crippen LogP contribution in [0.15, 0.2) is 52.9 Å². The number of benzene rings is 2. The average Bonchev–Trinajstić information content (AvgIpc) is 3.28. The van der Waals surface area contributed by atoms with E-state index in [2.05, 4.69) is 32.4 Å². The van der Waals surface area contributed by atoms with Crippen LogP contribution in [-0.4, -0.2) is 72.2 Å². The first kappa shape index (κ1) is 21.2. The Hall–Kier alpha value is -3.03. The number of aromatic nitrogens is 2. The molecule has 0 bridgehead atoms. The molecule has 0 aliphatic carbocycles. The van der Waals surface area contributed by atoms with Gasteiger partial charge in [0.25, 0.3) is 5.91 Å². The molecule has 1 N–H and O–H groups in total. The second kappa shape index (κ2) is 9.85. The Labute approximate surface area is 183 Å². The van der Waals surface area contributed by atoms with Crippen molar-refractivity contribution < 1.29 is 9.21 Å². The van der Waals surface area contributed by atoms with Crippen LogP contribution >= 0.6 is 0 Å². The van der Waals surface area contributed by atoms with E-state index < -0.39 is 0 Å². The topological polar surface area (TPSA) is 74.5 Å². The second-order valence-electron chi connectivity index (χ2n) is 8.11. The molecule has 1 aliphatic heterocycles. The summed E-state index contributed by atoms with van der Waals surface area (Å²) < 4.78 is 5.82. The lowest BCUT2D eigenvalue weighted by atomic mass is 10.1. The van der Waals surface area contributed by atoms with E-state index >= 15 is 0 Å². The van der Waals surface area contributed by atoms with E-state index in [4.69, 9.17) is 4.42 Å². The van der Waals surface area contributed by atoms with Crippen molar-refractivity contribution in [1.29, 1.82) is 0 Å². The van der Waals surface area contributed by atoms with Gasteiger partial charge in [-0.3, -0.25) is 4.79 Å². The predicted molar refractivity (Wildman–Crippen MR) is 121 cm³/mol. The summed E-state index contributed by atoms with van der Waals surface area (Å²) in [4.78, 5) is 17.2. The molecule has 0 spiro atoms. The van der Waals surface area contributed by atoms with Gasteiger partial charge in [-0.15, -0.1) is 10.2 Å². The van der Waals surface area contributed by atoms with Gasteiger partial charge >= 0.3 is 0 Å². The number of piperazine rings is 1. The Kier molecular flexibility index (Phi) is 6.74. The Bertz CT molecular complexity index is 1010. The van der Waals surface area contributed by atoms with Gasteiger partial charge in [-0.05, 0) is 63.3 Å². The molecule has 1 saturated heterocycles. The monoisotopic (exact) mass is 419 g/mol. The van der Waals surface area contributed by atoms with E-state index in [0.717, 1.165) is 55.8 Å². The maximum Gasteiger partial charge on any atom is 0.251 e. The maximum atomic E-state index is 12.4. The highest BCUT2D eigenvalue weighted by Gasteiger charge is 2.14. The Morgan fingerprint density at radius 2 is 1.71 bits per heavy atom. The summed E-state index contributed by atoms with van der Waals surface area (Å²) in [5.74, 6) is 0.868. The van der Waals surface area contributed by atoms with Crippen LogP contribution in [0.3, 0.4) is 0 Å². The number of aryl methyl sites for hydroxylation is 1. The average molecular weight is 420 g/mol. The molecule has 2 aromatic carbocycles. The molecule has 7 heteroatoms. The van der Waals surface area contributed by atoms with Gasteiger partial charge in [0.1, 0.15) is 0 Å². The smallest absolute Gasteiger partial charge is 0.251 e. The number of carbonyl (C=O) groups is 1. The molecule has 0 atom stereocenters. The van der Waals surface area contributed by atoms with Gasteiger partial charge in [-0.25, -0.2) is 0 Å². The number of carbonyl (C=O) groups excluding carboxylic acids is 1. The highest BCUT2D eigenvalue weighted by Crippen LogP contribution is 2.24. The quantitative estimate of drug-likeness (QED) is 0.593. The van der Waals surface area contributed by atoms with Gasteiger partial charge in [-0.1, -0.05) is 17.7 Å². The summed E-state index contributed by atoms with van der Waals surface area (Å²) in [5.41, 5.74) is 3.45. The molecule has 162 valence electrons. The van der Waals surface area contributed by atoms with Crippen LogP contribution in [0, 0.1) is 6.92 Å². The van der Waals surface area contributed by atoms with Gasteiger partial charge < -0.3 is 19.5 Å². The van der Waals surface area contributed by atoms with Crippen LogP contribution in [0.5, 0.6) is 0 Å². The number of hydrogen-bond donors (Lipinski definition) is 1. The lowest BCUT2D eigenvalue weighted by Crippen LogP contribution is -2.45. The zero-order valence-electron chi connectivity index (χ0n) is 18.2. The van der Waals surface area contributed by atoms with Crippen molar-refractivity contribution in [2.24, 2.45) is 0 Å². The van der Waals surface area contributed by atoms with Crippen molar-refractivity contribution in [2.45, 2.75) is 13.3 Å². The first-order valence-corrected chi connectivity index (χ1v) is 10.8. The first-order chi connectivity index (χ1) is 15.1. The Morgan fingerprint density at radius 3 is 2.42 bits per heavy atom. The number of likely N-dealkylation sites (N-methyl/N-ethyl adjacent to an activating group) is 1. The zero-order chi connectivity index (χ0) is 21.6. The van der Waals surface area contributed by atoms with Crippen molar-refractivity contribution in [3.05, 3.63) is 59.7 Å². The molecule has 31 heavy (non-hydrogen) atoms. The third-order valence-electron chi connectivity index (χ3n) is 5.62. The molecular formula is C24H29N5O2. The lowest BCUT2D eigenvalue weighted by Gasteiger charge is -2.32. The van der Waals surface area contributed by atoms with Crippen molar-refractivity contribution in [2.75, 3.05) is 46.3 Å². The summed E-state index contributed by atoms with van der Waals surface area (Å²) in [7, 11) is 2.16. The molecule has 2 heterocycles. The maximum absolute atomic E-state index is 12.4. The fraction of sp³-hybridized carbons (Fsp3) is 0.375. The first-order valence-electron chi connectivity index (χ1n) is 10.8. The van der Waals surface area contributed by atoms with Crippen molar-refractivity contribution in [3.8, 4) is 22.9 Å². The molecule has 1 aromatic heterocycles. The molecule has 4 rings (SSSR count). The minimum atomic E-state index is -0.0593. The third kappa shape index (κ3) is 5.57. The van der Waals surface area contributed by atoms with Gasteiger partial charge in [0.05, 0.1) is 0 Å². The number of amides is 1. The van der Waals surface area contributed by atoms with E-state index in [0.29, 0.717) is 23.9 Å². The van der Waals surface area contributed by atoms with Gasteiger partial charge in [0.2, 0.25) is 11.8 Å². The van der Waals surface area contributed by atoms with Crippen molar-refractivity contribution >= 4 is 5.91 Å². The van der Waals surface area contributed by atoms with Gasteiger partial charge in [-0.2, -0.15) is 0 Å². The molecule has 0 unspecified atom stereocenters. The summed E-state index contributed by atoms with van der Waals surface area (Å²) >= 11 is 0. The normalized spacial score (nSPS) is 15.2. The standard InChI is InChI=1S/C24H29N5O2/c1-18-5-3-6-21(17-18)24-27-26-23(31-24)20-9-7-19(8-10-20)22(30)25-11-4-12-29-15-13-28(2)14-16-29/h3,5-10,17H,4,11-16H2,1-2H3,(H,25,30). The second-order valence-corrected chi connectivity index (χ2v) is 8.11. The van der Waals surface area contributed by atoms with Crippen LogP contribution in [-0.2, 0) is 0 Å². The molecule has 7 nitrogen and oxygen atoms in total. The van der Waals surface area contributed by atoms with E-state index in [1.54, 1.807) is 12.1 Å². The molecule has 1 fully saturated rings.